The van der Waals surface area contributed by atoms with Crippen LogP contribution in [-0.2, 0) is 11.2 Å². The summed E-state index contributed by atoms with van der Waals surface area (Å²) in [5.74, 6) is 1.18. The fourth-order valence-electron chi connectivity index (χ4n) is 2.01. The van der Waals surface area contributed by atoms with E-state index in [1.165, 1.54) is 5.56 Å². The number of methoxy groups -OCH3 is 1. The van der Waals surface area contributed by atoms with Gasteiger partial charge in [0.25, 0.3) is 5.91 Å². The van der Waals surface area contributed by atoms with Crippen LogP contribution < -0.4 is 14.8 Å². The Hall–Kier alpha value is -2.49. The molecule has 0 spiro atoms. The standard InChI is InChI=1S/C18H21NO3/c1-4-14-8-10-16(11-9-14)22-13(2)18(20)19-15-6-5-7-17(12-15)21-3/h5-13H,4H2,1-3H3,(H,19,20)/t13-/m0/s1. The summed E-state index contributed by atoms with van der Waals surface area (Å²) in [6.45, 7) is 3.82. The summed E-state index contributed by atoms with van der Waals surface area (Å²) in [5, 5.41) is 2.82. The summed E-state index contributed by atoms with van der Waals surface area (Å²) in [5.41, 5.74) is 1.92. The Bertz CT molecular complexity index is 622. The number of rotatable bonds is 6. The minimum atomic E-state index is -0.585. The predicted molar refractivity (Wildman–Crippen MR) is 87.5 cm³/mol. The average molecular weight is 299 g/mol. The van der Waals surface area contributed by atoms with Gasteiger partial charge in [-0.05, 0) is 43.2 Å². The van der Waals surface area contributed by atoms with Crippen molar-refractivity contribution in [2.45, 2.75) is 26.4 Å². The number of benzene rings is 2. The Labute approximate surface area is 131 Å². The Balaban J connectivity index is 1.96. The number of anilines is 1. The second-order valence-corrected chi connectivity index (χ2v) is 4.98. The normalized spacial score (nSPS) is 11.6. The van der Waals surface area contributed by atoms with Crippen molar-refractivity contribution in [1.82, 2.24) is 0 Å². The van der Waals surface area contributed by atoms with Crippen LogP contribution in [0.15, 0.2) is 48.5 Å². The van der Waals surface area contributed by atoms with Crippen molar-refractivity contribution in [2.75, 3.05) is 12.4 Å². The summed E-state index contributed by atoms with van der Waals surface area (Å²) in [7, 11) is 1.59. The van der Waals surface area contributed by atoms with Gasteiger partial charge in [-0.25, -0.2) is 0 Å². The smallest absolute Gasteiger partial charge is 0.265 e. The van der Waals surface area contributed by atoms with Gasteiger partial charge < -0.3 is 14.8 Å². The lowest BCUT2D eigenvalue weighted by Crippen LogP contribution is -2.30. The lowest BCUT2D eigenvalue weighted by molar-refractivity contribution is -0.122. The van der Waals surface area contributed by atoms with Crippen LogP contribution in [0.2, 0.25) is 0 Å². The van der Waals surface area contributed by atoms with Gasteiger partial charge in [-0.2, -0.15) is 0 Å². The third-order valence-electron chi connectivity index (χ3n) is 3.35. The number of carbonyl (C=O) groups excluding carboxylic acids is 1. The lowest BCUT2D eigenvalue weighted by Gasteiger charge is -2.15. The van der Waals surface area contributed by atoms with E-state index in [9.17, 15) is 4.79 Å². The Morgan fingerprint density at radius 2 is 1.86 bits per heavy atom. The van der Waals surface area contributed by atoms with Crippen molar-refractivity contribution in [2.24, 2.45) is 0 Å². The van der Waals surface area contributed by atoms with Gasteiger partial charge in [0.15, 0.2) is 6.10 Å². The minimum Gasteiger partial charge on any atom is -0.497 e. The van der Waals surface area contributed by atoms with E-state index >= 15 is 0 Å². The highest BCUT2D eigenvalue weighted by Gasteiger charge is 2.15. The molecule has 0 saturated heterocycles. The van der Waals surface area contributed by atoms with Crippen molar-refractivity contribution in [3.63, 3.8) is 0 Å². The molecule has 0 aliphatic rings. The average Bonchev–Trinajstić information content (AvgIpc) is 2.55. The van der Waals surface area contributed by atoms with E-state index in [1.807, 2.05) is 42.5 Å². The lowest BCUT2D eigenvalue weighted by atomic mass is 10.2. The first-order chi connectivity index (χ1) is 10.6. The predicted octanol–water partition coefficient (Wildman–Crippen LogP) is 3.66. The van der Waals surface area contributed by atoms with Crippen LogP contribution in [0.5, 0.6) is 11.5 Å². The zero-order chi connectivity index (χ0) is 15.9. The molecule has 0 radical (unpaired) electrons. The molecule has 4 heteroatoms. The molecule has 1 amide bonds. The number of ether oxygens (including phenoxy) is 2. The molecule has 1 N–H and O–H groups in total. The summed E-state index contributed by atoms with van der Waals surface area (Å²) < 4.78 is 10.8. The summed E-state index contributed by atoms with van der Waals surface area (Å²) >= 11 is 0. The first-order valence-electron chi connectivity index (χ1n) is 7.33. The maximum atomic E-state index is 12.2. The number of hydrogen-bond acceptors (Lipinski definition) is 3. The van der Waals surface area contributed by atoms with Crippen LogP contribution in [0.4, 0.5) is 5.69 Å². The van der Waals surface area contributed by atoms with Crippen LogP contribution in [0.3, 0.4) is 0 Å². The second kappa shape index (κ2) is 7.50. The number of carbonyl (C=O) groups is 1. The molecule has 0 aromatic heterocycles. The van der Waals surface area contributed by atoms with Crippen LogP contribution in [0, 0.1) is 0 Å². The molecular formula is C18H21NO3. The van der Waals surface area contributed by atoms with Crippen molar-refractivity contribution < 1.29 is 14.3 Å². The van der Waals surface area contributed by atoms with E-state index < -0.39 is 6.10 Å². The van der Waals surface area contributed by atoms with Crippen LogP contribution >= 0.6 is 0 Å². The molecule has 1 atom stereocenters. The van der Waals surface area contributed by atoms with Gasteiger partial charge in [-0.1, -0.05) is 25.1 Å². The fourth-order valence-corrected chi connectivity index (χ4v) is 2.01. The number of nitrogens with one attached hydrogen (secondary N) is 1. The molecule has 0 bridgehead atoms. The van der Waals surface area contributed by atoms with E-state index in [4.69, 9.17) is 9.47 Å². The Kier molecular flexibility index (Phi) is 5.42. The number of hydrogen-bond donors (Lipinski definition) is 1. The summed E-state index contributed by atoms with van der Waals surface area (Å²) in [6, 6.07) is 15.0. The highest BCUT2D eigenvalue weighted by atomic mass is 16.5. The van der Waals surface area contributed by atoms with Gasteiger partial charge in [-0.15, -0.1) is 0 Å². The van der Waals surface area contributed by atoms with Crippen LogP contribution in [0.25, 0.3) is 0 Å². The molecule has 2 aromatic carbocycles. The molecule has 0 fully saturated rings. The molecule has 0 aliphatic heterocycles. The monoisotopic (exact) mass is 299 g/mol. The van der Waals surface area contributed by atoms with Gasteiger partial charge >= 0.3 is 0 Å². The first-order valence-corrected chi connectivity index (χ1v) is 7.33. The largest absolute Gasteiger partial charge is 0.497 e. The van der Waals surface area contributed by atoms with Gasteiger partial charge in [0.05, 0.1) is 7.11 Å². The maximum Gasteiger partial charge on any atom is 0.265 e. The molecule has 0 heterocycles. The number of amides is 1. The van der Waals surface area contributed by atoms with E-state index in [1.54, 1.807) is 20.1 Å². The van der Waals surface area contributed by atoms with E-state index in [-0.39, 0.29) is 5.91 Å². The van der Waals surface area contributed by atoms with E-state index in [2.05, 4.69) is 12.2 Å². The highest BCUT2D eigenvalue weighted by molar-refractivity contribution is 5.94. The first kappa shape index (κ1) is 15.9. The highest BCUT2D eigenvalue weighted by Crippen LogP contribution is 2.18. The Morgan fingerprint density at radius 3 is 2.50 bits per heavy atom. The summed E-state index contributed by atoms with van der Waals surface area (Å²) in [4.78, 5) is 12.2. The van der Waals surface area contributed by atoms with E-state index in [0.717, 1.165) is 6.42 Å². The minimum absolute atomic E-state index is 0.201. The third kappa shape index (κ3) is 4.25. The maximum absolute atomic E-state index is 12.2. The SMILES string of the molecule is CCc1ccc(O[C@@H](C)C(=O)Nc2cccc(OC)c2)cc1. The van der Waals surface area contributed by atoms with Crippen molar-refractivity contribution >= 4 is 11.6 Å². The van der Waals surface area contributed by atoms with Gasteiger partial charge in [0.1, 0.15) is 11.5 Å². The van der Waals surface area contributed by atoms with Gasteiger partial charge in [0, 0.05) is 11.8 Å². The molecule has 2 rings (SSSR count). The molecule has 0 aliphatic carbocycles. The zero-order valence-electron chi connectivity index (χ0n) is 13.1. The zero-order valence-corrected chi connectivity index (χ0v) is 13.1. The second-order valence-electron chi connectivity index (χ2n) is 4.98. The molecule has 22 heavy (non-hydrogen) atoms. The summed E-state index contributed by atoms with van der Waals surface area (Å²) in [6.07, 6.45) is 0.394. The molecule has 0 unspecified atom stereocenters. The van der Waals surface area contributed by atoms with Gasteiger partial charge in [0.2, 0.25) is 0 Å². The molecule has 2 aromatic rings. The third-order valence-corrected chi connectivity index (χ3v) is 3.35. The topological polar surface area (TPSA) is 47.6 Å². The van der Waals surface area contributed by atoms with Crippen LogP contribution in [0.1, 0.15) is 19.4 Å². The number of aryl methyl sites for hydroxylation is 1. The molecular weight excluding hydrogens is 278 g/mol. The molecule has 0 saturated carbocycles. The fraction of sp³-hybridized carbons (Fsp3) is 0.278. The quantitative estimate of drug-likeness (QED) is 0.885. The van der Waals surface area contributed by atoms with Crippen molar-refractivity contribution in [3.05, 3.63) is 54.1 Å². The molecule has 4 nitrogen and oxygen atoms in total. The van der Waals surface area contributed by atoms with Crippen LogP contribution in [-0.4, -0.2) is 19.1 Å². The Morgan fingerprint density at radius 1 is 1.14 bits per heavy atom. The van der Waals surface area contributed by atoms with Crippen molar-refractivity contribution in [1.29, 1.82) is 0 Å². The van der Waals surface area contributed by atoms with Crippen molar-refractivity contribution in [3.8, 4) is 11.5 Å². The van der Waals surface area contributed by atoms with Gasteiger partial charge in [-0.3, -0.25) is 4.79 Å². The van der Waals surface area contributed by atoms with E-state index in [0.29, 0.717) is 17.2 Å². The molecule has 116 valence electrons.